The molecule has 2 aliphatic heterocycles. The minimum absolute atomic E-state index is 0.248. The van der Waals surface area contributed by atoms with E-state index in [2.05, 4.69) is 126 Å². The van der Waals surface area contributed by atoms with Gasteiger partial charge in [0.25, 0.3) is 0 Å². The molecular weight excluding hydrogens is 444 g/mol. The summed E-state index contributed by atoms with van der Waals surface area (Å²) in [5.41, 5.74) is 14.5. The topological polar surface area (TPSA) is 6.48 Å². The Morgan fingerprint density at radius 3 is 1.46 bits per heavy atom. The molecule has 0 bridgehead atoms. The summed E-state index contributed by atoms with van der Waals surface area (Å²) in [6, 6.07) is 40.2. The van der Waals surface area contributed by atoms with Crippen molar-refractivity contribution in [2.45, 2.75) is 10.4 Å². The number of fused-ring (bicyclic) bond motifs is 13. The van der Waals surface area contributed by atoms with Crippen molar-refractivity contribution in [2.75, 3.05) is 16.8 Å². The van der Waals surface area contributed by atoms with E-state index in [1.165, 1.54) is 66.5 Å². The van der Waals surface area contributed by atoms with Crippen molar-refractivity contribution in [1.82, 2.24) is 0 Å². The molecule has 0 saturated carbocycles. The number of nitrogens with zero attached hydrogens (tertiary/aromatic N) is 2. The van der Waals surface area contributed by atoms with Crippen molar-refractivity contribution in [1.29, 1.82) is 0 Å². The van der Waals surface area contributed by atoms with Gasteiger partial charge in [0.05, 0.1) is 17.1 Å². The first-order valence-electron chi connectivity index (χ1n) is 12.0. The molecule has 0 fully saturated rings. The summed E-state index contributed by atoms with van der Waals surface area (Å²) >= 11 is 1.94. The summed E-state index contributed by atoms with van der Waals surface area (Å²) in [4.78, 5) is 6.29. The maximum atomic E-state index is 2.51. The normalized spacial score (nSPS) is 16.2. The molecule has 0 spiro atoms. The first-order chi connectivity index (χ1) is 17.3. The van der Waals surface area contributed by atoms with Gasteiger partial charge >= 0.3 is 0 Å². The number of para-hydroxylation sites is 1. The van der Waals surface area contributed by atoms with Gasteiger partial charge in [0.15, 0.2) is 5.50 Å². The average Bonchev–Trinajstić information content (AvgIpc) is 3.42. The first-order valence-corrected chi connectivity index (χ1v) is 12.9. The Balaban J connectivity index is 1.48. The molecule has 0 amide bonds. The third-order valence-corrected chi connectivity index (χ3v) is 8.94. The predicted octanol–water partition coefficient (Wildman–Crippen LogP) is 8.65. The highest BCUT2D eigenvalue weighted by molar-refractivity contribution is 8.00. The van der Waals surface area contributed by atoms with E-state index in [4.69, 9.17) is 0 Å². The lowest BCUT2D eigenvalue weighted by Crippen LogP contribution is -2.32. The van der Waals surface area contributed by atoms with Crippen molar-refractivity contribution in [2.24, 2.45) is 0 Å². The van der Waals surface area contributed by atoms with Crippen LogP contribution >= 0.6 is 11.8 Å². The van der Waals surface area contributed by atoms with E-state index in [0.29, 0.717) is 0 Å². The van der Waals surface area contributed by atoms with E-state index >= 15 is 0 Å². The lowest BCUT2D eigenvalue weighted by Gasteiger charge is -2.25. The Morgan fingerprint density at radius 2 is 0.914 bits per heavy atom. The molecule has 0 N–H and O–H groups in total. The fourth-order valence-electron chi connectivity index (χ4n) is 6.02. The zero-order valence-corrected chi connectivity index (χ0v) is 20.1. The lowest BCUT2D eigenvalue weighted by atomic mass is 9.80. The van der Waals surface area contributed by atoms with E-state index in [0.717, 1.165) is 0 Å². The number of thioether (sulfide) groups is 1. The fourth-order valence-corrected chi connectivity index (χ4v) is 7.29. The van der Waals surface area contributed by atoms with E-state index in [9.17, 15) is 0 Å². The molecule has 1 aliphatic carbocycles. The standard InChI is InChI=1S/C32H22N2S/c1-33-29-18-26-24-14-6-4-12-22(24)20-10-2-3-11-21(20)23-13-5-7-15-25(23)27(26)19-30(29)34-28-16-8-9-17-31(28)35-32(33)34/h2-19,32H,1H3. The highest BCUT2D eigenvalue weighted by Gasteiger charge is 2.42. The average molecular weight is 467 g/mol. The van der Waals surface area contributed by atoms with Crippen molar-refractivity contribution in [3.8, 4) is 44.5 Å². The maximum absolute atomic E-state index is 2.51. The summed E-state index contributed by atoms with van der Waals surface area (Å²) in [6.07, 6.45) is 0. The lowest BCUT2D eigenvalue weighted by molar-refractivity contribution is 0.901. The number of hydrogen-bond donors (Lipinski definition) is 0. The van der Waals surface area contributed by atoms with Crippen molar-refractivity contribution < 1.29 is 0 Å². The van der Waals surface area contributed by atoms with Crippen molar-refractivity contribution in [3.05, 3.63) is 109 Å². The van der Waals surface area contributed by atoms with Crippen LogP contribution in [0.5, 0.6) is 0 Å². The molecule has 5 aromatic carbocycles. The van der Waals surface area contributed by atoms with Crippen LogP contribution < -0.4 is 9.80 Å². The summed E-state index contributed by atoms with van der Waals surface area (Å²) in [7, 11) is 2.23. The molecule has 2 nitrogen and oxygen atoms in total. The van der Waals surface area contributed by atoms with Crippen LogP contribution in [0.4, 0.5) is 17.1 Å². The molecule has 3 aliphatic rings. The van der Waals surface area contributed by atoms with Crippen LogP contribution in [0.1, 0.15) is 0 Å². The number of rotatable bonds is 0. The van der Waals surface area contributed by atoms with Gasteiger partial charge in [-0.1, -0.05) is 96.7 Å². The highest BCUT2D eigenvalue weighted by Crippen LogP contribution is 2.58. The van der Waals surface area contributed by atoms with Gasteiger partial charge in [0.1, 0.15) is 0 Å². The molecule has 166 valence electrons. The molecule has 0 saturated heterocycles. The quantitative estimate of drug-likeness (QED) is 0.221. The molecule has 1 atom stereocenters. The second kappa shape index (κ2) is 7.03. The van der Waals surface area contributed by atoms with Gasteiger partial charge in [-0.15, -0.1) is 0 Å². The van der Waals surface area contributed by atoms with Gasteiger partial charge in [-0.2, -0.15) is 0 Å². The summed E-state index contributed by atoms with van der Waals surface area (Å²) in [5.74, 6) is 0. The number of anilines is 3. The van der Waals surface area contributed by atoms with Crippen LogP contribution in [0.25, 0.3) is 44.5 Å². The van der Waals surface area contributed by atoms with E-state index in [1.807, 2.05) is 11.8 Å². The zero-order valence-electron chi connectivity index (χ0n) is 19.3. The van der Waals surface area contributed by atoms with Crippen molar-refractivity contribution in [3.63, 3.8) is 0 Å². The van der Waals surface area contributed by atoms with Gasteiger partial charge in [-0.25, -0.2) is 0 Å². The monoisotopic (exact) mass is 466 g/mol. The Bertz CT molecular complexity index is 1670. The molecular formula is C32H22N2S. The molecule has 1 unspecified atom stereocenters. The molecule has 8 rings (SSSR count). The Labute approximate surface area is 209 Å². The fraction of sp³-hybridized carbons (Fsp3) is 0.0625. The maximum Gasteiger partial charge on any atom is 0.159 e. The summed E-state index contributed by atoms with van der Waals surface area (Å²) in [6.45, 7) is 0. The van der Waals surface area contributed by atoms with E-state index < -0.39 is 0 Å². The van der Waals surface area contributed by atoms with E-state index in [1.54, 1.807) is 0 Å². The van der Waals surface area contributed by atoms with Gasteiger partial charge in [0, 0.05) is 11.9 Å². The summed E-state index contributed by atoms with van der Waals surface area (Å²) < 4.78 is 0. The largest absolute Gasteiger partial charge is 0.343 e. The third-order valence-electron chi connectivity index (χ3n) is 7.61. The van der Waals surface area contributed by atoms with Gasteiger partial charge < -0.3 is 9.80 Å². The van der Waals surface area contributed by atoms with E-state index in [-0.39, 0.29) is 5.50 Å². The zero-order chi connectivity index (χ0) is 23.1. The smallest absolute Gasteiger partial charge is 0.159 e. The van der Waals surface area contributed by atoms with Crippen LogP contribution in [0, 0.1) is 0 Å². The Morgan fingerprint density at radius 1 is 0.486 bits per heavy atom. The molecule has 0 aromatic heterocycles. The number of hydrogen-bond acceptors (Lipinski definition) is 3. The van der Waals surface area contributed by atoms with Crippen molar-refractivity contribution >= 4 is 28.8 Å². The minimum Gasteiger partial charge on any atom is -0.343 e. The minimum atomic E-state index is 0.248. The second-order valence-corrected chi connectivity index (χ2v) is 10.5. The number of benzene rings is 5. The van der Waals surface area contributed by atoms with Crippen LogP contribution in [0.3, 0.4) is 0 Å². The first kappa shape index (κ1) is 19.4. The molecule has 3 heteroatoms. The van der Waals surface area contributed by atoms with Gasteiger partial charge in [-0.05, 0) is 68.8 Å². The molecule has 0 radical (unpaired) electrons. The SMILES string of the molecule is CN1c2cc3c(cc2N2c4ccccc4SC12)-c1ccccc1-c1ccccc1-c1ccccc1-3. The van der Waals surface area contributed by atoms with Crippen LogP contribution in [0.2, 0.25) is 0 Å². The van der Waals surface area contributed by atoms with Crippen LogP contribution in [-0.2, 0) is 0 Å². The van der Waals surface area contributed by atoms with Crippen LogP contribution in [0.15, 0.2) is 114 Å². The van der Waals surface area contributed by atoms with Gasteiger partial charge in [-0.3, -0.25) is 0 Å². The molecule has 5 aromatic rings. The Hall–Kier alpha value is -3.95. The Kier molecular flexibility index (Phi) is 3.89. The molecule has 35 heavy (non-hydrogen) atoms. The van der Waals surface area contributed by atoms with Crippen LogP contribution in [-0.4, -0.2) is 12.5 Å². The van der Waals surface area contributed by atoms with Gasteiger partial charge in [0.2, 0.25) is 0 Å². The predicted molar refractivity (Wildman–Crippen MR) is 148 cm³/mol. The highest BCUT2D eigenvalue weighted by atomic mass is 32.2. The second-order valence-electron chi connectivity index (χ2n) is 9.42. The summed E-state index contributed by atoms with van der Waals surface area (Å²) in [5, 5.41) is 0. The third kappa shape index (κ3) is 2.56. The molecule has 2 heterocycles.